The molecule has 0 amide bonds. The highest BCUT2D eigenvalue weighted by Gasteiger charge is 2.05. The van der Waals surface area contributed by atoms with E-state index in [4.69, 9.17) is 0 Å². The summed E-state index contributed by atoms with van der Waals surface area (Å²) >= 11 is 1.55. The van der Waals surface area contributed by atoms with Gasteiger partial charge in [-0.05, 0) is 18.6 Å². The second-order valence-electron chi connectivity index (χ2n) is 2.73. The molecular weight excluding hydrogens is 180 g/mol. The highest BCUT2D eigenvalue weighted by Crippen LogP contribution is 2.10. The number of carbonyl (C=O) groups excluding carboxylic acids is 1. The third-order valence-electron chi connectivity index (χ3n) is 1.69. The van der Waals surface area contributed by atoms with Crippen LogP contribution in [0.25, 0.3) is 0 Å². The molecule has 0 saturated carbocycles. The van der Waals surface area contributed by atoms with Crippen molar-refractivity contribution in [3.05, 3.63) is 46.9 Å². The monoisotopic (exact) mass is 192 g/mol. The van der Waals surface area contributed by atoms with Crippen molar-refractivity contribution in [3.8, 4) is 0 Å². The number of carbonyl (C=O) groups is 1. The summed E-state index contributed by atoms with van der Waals surface area (Å²) in [7, 11) is 0. The second-order valence-corrected chi connectivity index (χ2v) is 3.44. The highest BCUT2D eigenvalue weighted by molar-refractivity contribution is 8.01. The summed E-state index contributed by atoms with van der Waals surface area (Å²) in [5, 5.41) is 1.87. The van der Waals surface area contributed by atoms with Crippen LogP contribution in [-0.2, 0) is 0 Å². The van der Waals surface area contributed by atoms with Gasteiger partial charge in [0, 0.05) is 11.1 Å². The van der Waals surface area contributed by atoms with E-state index in [1.165, 1.54) is 0 Å². The first kappa shape index (κ1) is 10.1. The Labute approximate surface area is 82.9 Å². The normalized spacial score (nSPS) is 11.4. The highest BCUT2D eigenvalue weighted by atomic mass is 32.2. The van der Waals surface area contributed by atoms with Crippen LogP contribution in [0.3, 0.4) is 0 Å². The molecule has 0 aliphatic rings. The van der Waals surface area contributed by atoms with Crippen molar-refractivity contribution < 1.29 is 4.79 Å². The first-order valence-corrected chi connectivity index (χ1v) is 5.34. The van der Waals surface area contributed by atoms with Crippen molar-refractivity contribution in [2.45, 2.75) is 6.92 Å². The first-order chi connectivity index (χ1) is 6.25. The maximum atomic E-state index is 11.7. The van der Waals surface area contributed by atoms with Gasteiger partial charge in [0.2, 0.25) is 0 Å². The Morgan fingerprint density at radius 2 is 1.92 bits per heavy atom. The molecule has 68 valence electrons. The molecular formula is C11H12OS. The number of Topliss-reactive ketones (excluding diaryl/α,β-unsaturated/α-hetero) is 1. The van der Waals surface area contributed by atoms with Gasteiger partial charge in [-0.1, -0.05) is 30.3 Å². The zero-order valence-corrected chi connectivity index (χ0v) is 8.60. The van der Waals surface area contributed by atoms with Gasteiger partial charge in [0.25, 0.3) is 0 Å². The van der Waals surface area contributed by atoms with E-state index >= 15 is 0 Å². The maximum absolute atomic E-state index is 11.7. The van der Waals surface area contributed by atoms with E-state index in [2.05, 4.69) is 0 Å². The SMILES string of the molecule is CSC=C(C)C(=O)c1ccccc1. The fourth-order valence-corrected chi connectivity index (χ4v) is 1.51. The molecule has 0 fully saturated rings. The average Bonchev–Trinajstić information content (AvgIpc) is 2.18. The van der Waals surface area contributed by atoms with Crippen molar-refractivity contribution in [1.29, 1.82) is 0 Å². The summed E-state index contributed by atoms with van der Waals surface area (Å²) in [6.07, 6.45) is 1.95. The molecule has 1 aromatic carbocycles. The van der Waals surface area contributed by atoms with E-state index in [1.54, 1.807) is 11.8 Å². The molecule has 0 radical (unpaired) electrons. The van der Waals surface area contributed by atoms with Gasteiger partial charge in [-0.2, -0.15) is 0 Å². The fraction of sp³-hybridized carbons (Fsp3) is 0.182. The van der Waals surface area contributed by atoms with Gasteiger partial charge in [-0.25, -0.2) is 0 Å². The van der Waals surface area contributed by atoms with E-state index < -0.39 is 0 Å². The van der Waals surface area contributed by atoms with Gasteiger partial charge in [-0.15, -0.1) is 11.8 Å². The molecule has 1 rings (SSSR count). The van der Waals surface area contributed by atoms with Gasteiger partial charge in [-0.3, -0.25) is 4.79 Å². The molecule has 13 heavy (non-hydrogen) atoms. The van der Waals surface area contributed by atoms with Crippen LogP contribution in [0.15, 0.2) is 41.3 Å². The third kappa shape index (κ3) is 2.74. The summed E-state index contributed by atoms with van der Waals surface area (Å²) in [5.41, 5.74) is 1.55. The van der Waals surface area contributed by atoms with Gasteiger partial charge >= 0.3 is 0 Å². The number of thioether (sulfide) groups is 1. The van der Waals surface area contributed by atoms with Crippen LogP contribution in [-0.4, -0.2) is 12.0 Å². The molecule has 0 aliphatic carbocycles. The number of allylic oxidation sites excluding steroid dienone is 1. The van der Waals surface area contributed by atoms with Crippen molar-refractivity contribution in [2.24, 2.45) is 0 Å². The summed E-state index contributed by atoms with van der Waals surface area (Å²) in [6, 6.07) is 9.32. The average molecular weight is 192 g/mol. The largest absolute Gasteiger partial charge is 0.289 e. The van der Waals surface area contributed by atoms with Crippen molar-refractivity contribution in [1.82, 2.24) is 0 Å². The predicted molar refractivity (Wildman–Crippen MR) is 58.0 cm³/mol. The lowest BCUT2D eigenvalue weighted by atomic mass is 10.1. The van der Waals surface area contributed by atoms with Gasteiger partial charge in [0.15, 0.2) is 5.78 Å². The molecule has 0 aromatic heterocycles. The molecule has 0 atom stereocenters. The lowest BCUT2D eigenvalue weighted by Gasteiger charge is -1.99. The van der Waals surface area contributed by atoms with Crippen LogP contribution < -0.4 is 0 Å². The third-order valence-corrected chi connectivity index (χ3v) is 2.28. The molecule has 0 spiro atoms. The number of benzene rings is 1. The van der Waals surface area contributed by atoms with Crippen LogP contribution >= 0.6 is 11.8 Å². The van der Waals surface area contributed by atoms with Crippen LogP contribution in [0.2, 0.25) is 0 Å². The molecule has 0 aliphatic heterocycles. The quantitative estimate of drug-likeness (QED) is 0.540. The molecule has 0 N–H and O–H groups in total. The lowest BCUT2D eigenvalue weighted by Crippen LogP contribution is -1.99. The van der Waals surface area contributed by atoms with Gasteiger partial charge in [0.05, 0.1) is 0 Å². The molecule has 0 saturated heterocycles. The predicted octanol–water partition coefficient (Wildman–Crippen LogP) is 3.14. The zero-order valence-electron chi connectivity index (χ0n) is 7.78. The van der Waals surface area contributed by atoms with Gasteiger partial charge < -0.3 is 0 Å². The smallest absolute Gasteiger partial charge is 0.189 e. The van der Waals surface area contributed by atoms with E-state index in [0.29, 0.717) is 0 Å². The fourth-order valence-electron chi connectivity index (χ4n) is 1.05. The van der Waals surface area contributed by atoms with E-state index in [0.717, 1.165) is 11.1 Å². The van der Waals surface area contributed by atoms with E-state index in [-0.39, 0.29) is 5.78 Å². The van der Waals surface area contributed by atoms with Crippen molar-refractivity contribution in [3.63, 3.8) is 0 Å². The summed E-state index contributed by atoms with van der Waals surface area (Å²) in [4.78, 5) is 11.7. The molecule has 0 heterocycles. The minimum atomic E-state index is 0.106. The topological polar surface area (TPSA) is 17.1 Å². The Morgan fingerprint density at radius 1 is 1.31 bits per heavy atom. The van der Waals surface area contributed by atoms with Crippen LogP contribution in [0.1, 0.15) is 17.3 Å². The first-order valence-electron chi connectivity index (χ1n) is 4.05. The number of hydrogen-bond acceptors (Lipinski definition) is 2. The standard InChI is InChI=1S/C11H12OS/c1-9(8-13-2)11(12)10-6-4-3-5-7-10/h3-8H,1-2H3. The van der Waals surface area contributed by atoms with Crippen molar-refractivity contribution in [2.75, 3.05) is 6.26 Å². The summed E-state index contributed by atoms with van der Waals surface area (Å²) in [5.74, 6) is 0.106. The number of rotatable bonds is 3. The molecule has 0 unspecified atom stereocenters. The Kier molecular flexibility index (Phi) is 3.77. The Bertz CT molecular complexity index is 314. The molecule has 1 aromatic rings. The second kappa shape index (κ2) is 4.87. The Morgan fingerprint density at radius 3 is 2.46 bits per heavy atom. The molecule has 2 heteroatoms. The molecule has 1 nitrogen and oxygen atoms in total. The summed E-state index contributed by atoms with van der Waals surface area (Å²) in [6.45, 7) is 1.84. The summed E-state index contributed by atoms with van der Waals surface area (Å²) < 4.78 is 0. The Hall–Kier alpha value is -1.02. The Balaban J connectivity index is 2.86. The molecule has 0 bridgehead atoms. The number of ketones is 1. The lowest BCUT2D eigenvalue weighted by molar-refractivity contribution is 0.103. The minimum Gasteiger partial charge on any atom is -0.289 e. The van der Waals surface area contributed by atoms with Crippen LogP contribution in [0.4, 0.5) is 0 Å². The zero-order chi connectivity index (χ0) is 9.68. The van der Waals surface area contributed by atoms with Crippen molar-refractivity contribution >= 4 is 17.5 Å². The maximum Gasteiger partial charge on any atom is 0.189 e. The van der Waals surface area contributed by atoms with E-state index in [1.807, 2.05) is 48.9 Å². The number of hydrogen-bond donors (Lipinski definition) is 0. The van der Waals surface area contributed by atoms with E-state index in [9.17, 15) is 4.79 Å². The van der Waals surface area contributed by atoms with Gasteiger partial charge in [0.1, 0.15) is 0 Å². The van der Waals surface area contributed by atoms with Crippen LogP contribution in [0, 0.1) is 0 Å². The van der Waals surface area contributed by atoms with Crippen LogP contribution in [0.5, 0.6) is 0 Å². The minimum absolute atomic E-state index is 0.106.